The number of methoxy groups -OCH3 is 1. The highest BCUT2D eigenvalue weighted by atomic mass is 32.2. The second kappa shape index (κ2) is 6.10. The standard InChI is InChI=1S/C18H21NOS/c1-15-6-10-18(11-7-15)21(4,5)19-13-12-17(14-19)9-8-16(2)20-3/h6-14H,2,4-5H2,1,3H3/b9-8+. The van der Waals surface area contributed by atoms with Gasteiger partial charge in [-0.2, -0.15) is 0 Å². The summed E-state index contributed by atoms with van der Waals surface area (Å²) in [5.74, 6) is 9.30. The molecule has 0 unspecified atom stereocenters. The monoisotopic (exact) mass is 299 g/mol. The van der Waals surface area contributed by atoms with Crippen LogP contribution >= 0.6 is 9.39 Å². The number of aromatic nitrogens is 1. The summed E-state index contributed by atoms with van der Waals surface area (Å²) in [6.07, 6.45) is 7.88. The van der Waals surface area contributed by atoms with E-state index in [9.17, 15) is 0 Å². The van der Waals surface area contributed by atoms with Crippen LogP contribution in [0.1, 0.15) is 11.1 Å². The summed E-state index contributed by atoms with van der Waals surface area (Å²) in [4.78, 5) is 1.15. The van der Waals surface area contributed by atoms with E-state index in [4.69, 9.17) is 4.74 Å². The highest BCUT2D eigenvalue weighted by Crippen LogP contribution is 2.34. The largest absolute Gasteiger partial charge is 0.497 e. The third kappa shape index (κ3) is 3.50. The molecule has 2 aromatic rings. The summed E-state index contributed by atoms with van der Waals surface area (Å²) in [6.45, 7) is 5.84. The molecule has 0 radical (unpaired) electrons. The van der Waals surface area contributed by atoms with Crippen molar-refractivity contribution in [3.05, 3.63) is 72.3 Å². The Morgan fingerprint density at radius 3 is 2.48 bits per heavy atom. The zero-order valence-electron chi connectivity index (χ0n) is 12.6. The quantitative estimate of drug-likeness (QED) is 0.451. The molecule has 110 valence electrons. The molecule has 3 heteroatoms. The Morgan fingerprint density at radius 1 is 1.19 bits per heavy atom. The number of hydrogen-bond donors (Lipinski definition) is 0. The van der Waals surface area contributed by atoms with Crippen molar-refractivity contribution in [1.82, 2.24) is 3.97 Å². The van der Waals surface area contributed by atoms with Gasteiger partial charge < -0.3 is 8.71 Å². The maximum Gasteiger partial charge on any atom is 0.111 e. The molecule has 0 aliphatic rings. The lowest BCUT2D eigenvalue weighted by Crippen LogP contribution is -1.92. The maximum atomic E-state index is 5.02. The van der Waals surface area contributed by atoms with Gasteiger partial charge >= 0.3 is 0 Å². The predicted molar refractivity (Wildman–Crippen MR) is 96.3 cm³/mol. The van der Waals surface area contributed by atoms with E-state index >= 15 is 0 Å². The molecular formula is C18H21NOS. The normalized spacial score (nSPS) is 11.7. The fourth-order valence-electron chi connectivity index (χ4n) is 1.88. The van der Waals surface area contributed by atoms with Crippen molar-refractivity contribution < 1.29 is 4.74 Å². The third-order valence-corrected chi connectivity index (χ3v) is 5.46. The average molecular weight is 299 g/mol. The molecule has 0 amide bonds. The summed E-state index contributed by atoms with van der Waals surface area (Å²) in [6, 6.07) is 10.4. The van der Waals surface area contributed by atoms with Crippen molar-refractivity contribution >= 4 is 27.2 Å². The average Bonchev–Trinajstić information content (AvgIpc) is 2.95. The SMILES string of the molecule is C=C(/C=C/c1ccn(S(=C)(=C)c2ccc(C)cc2)c1)OC. The van der Waals surface area contributed by atoms with Crippen molar-refractivity contribution in [3.8, 4) is 0 Å². The Kier molecular flexibility index (Phi) is 4.43. The minimum atomic E-state index is -1.55. The Balaban J connectivity index is 2.30. The lowest BCUT2D eigenvalue weighted by atomic mass is 10.2. The van der Waals surface area contributed by atoms with Crippen LogP contribution < -0.4 is 0 Å². The number of ether oxygens (including phenoxy) is 1. The van der Waals surface area contributed by atoms with Crippen molar-refractivity contribution in [3.63, 3.8) is 0 Å². The second-order valence-electron chi connectivity index (χ2n) is 4.96. The molecule has 1 heterocycles. The minimum absolute atomic E-state index is 0.629. The zero-order valence-corrected chi connectivity index (χ0v) is 13.4. The van der Waals surface area contributed by atoms with E-state index in [-0.39, 0.29) is 0 Å². The first-order valence-electron chi connectivity index (χ1n) is 6.59. The van der Waals surface area contributed by atoms with Gasteiger partial charge in [0.05, 0.1) is 7.11 Å². The van der Waals surface area contributed by atoms with Crippen LogP contribution in [0.4, 0.5) is 0 Å². The number of nitrogens with zero attached hydrogens (tertiary/aromatic N) is 1. The van der Waals surface area contributed by atoms with Crippen LogP contribution in [0, 0.1) is 6.92 Å². The predicted octanol–water partition coefficient (Wildman–Crippen LogP) is 4.46. The Labute approximate surface area is 127 Å². The van der Waals surface area contributed by atoms with Crippen LogP contribution in [0.3, 0.4) is 0 Å². The molecule has 0 aliphatic heterocycles. The molecule has 0 fully saturated rings. The fraction of sp³-hybridized carbons (Fsp3) is 0.111. The zero-order chi connectivity index (χ0) is 15.5. The summed E-state index contributed by atoms with van der Waals surface area (Å²) in [7, 11) is 0.0575. The van der Waals surface area contributed by atoms with Gasteiger partial charge in [-0.3, -0.25) is 0 Å². The van der Waals surface area contributed by atoms with Crippen LogP contribution in [0.5, 0.6) is 0 Å². The molecular weight excluding hydrogens is 278 g/mol. The third-order valence-electron chi connectivity index (χ3n) is 3.28. The van der Waals surface area contributed by atoms with Gasteiger partial charge in [0.1, 0.15) is 5.76 Å². The van der Waals surface area contributed by atoms with Gasteiger partial charge in [0.2, 0.25) is 0 Å². The Hall–Kier alpha value is -2.13. The Morgan fingerprint density at radius 2 is 1.86 bits per heavy atom. The van der Waals surface area contributed by atoms with E-state index in [0.29, 0.717) is 5.76 Å². The molecule has 0 bridgehead atoms. The van der Waals surface area contributed by atoms with Gasteiger partial charge in [0, 0.05) is 17.3 Å². The topological polar surface area (TPSA) is 14.2 Å². The molecule has 2 rings (SSSR count). The van der Waals surface area contributed by atoms with E-state index < -0.39 is 9.39 Å². The van der Waals surface area contributed by atoms with E-state index in [1.165, 1.54) is 5.56 Å². The fourth-order valence-corrected chi connectivity index (χ4v) is 3.38. The van der Waals surface area contributed by atoms with Gasteiger partial charge in [0.15, 0.2) is 0 Å². The minimum Gasteiger partial charge on any atom is -0.497 e. The molecule has 21 heavy (non-hydrogen) atoms. The van der Waals surface area contributed by atoms with E-state index in [1.807, 2.05) is 24.4 Å². The highest BCUT2D eigenvalue weighted by Gasteiger charge is 2.04. The first-order valence-corrected chi connectivity index (χ1v) is 8.52. The Bertz CT molecular complexity index is 762. The van der Waals surface area contributed by atoms with E-state index in [2.05, 4.69) is 59.7 Å². The van der Waals surface area contributed by atoms with Gasteiger partial charge in [-0.1, -0.05) is 36.0 Å². The van der Waals surface area contributed by atoms with Gasteiger partial charge in [-0.05, 0) is 42.8 Å². The molecule has 0 atom stereocenters. The van der Waals surface area contributed by atoms with Gasteiger partial charge in [-0.15, -0.1) is 9.39 Å². The second-order valence-corrected chi connectivity index (χ2v) is 7.54. The lowest BCUT2D eigenvalue weighted by Gasteiger charge is -2.17. The van der Waals surface area contributed by atoms with E-state index in [0.717, 1.165) is 10.5 Å². The maximum absolute atomic E-state index is 5.02. The smallest absolute Gasteiger partial charge is 0.111 e. The summed E-state index contributed by atoms with van der Waals surface area (Å²) >= 11 is 0. The molecule has 0 saturated carbocycles. The van der Waals surface area contributed by atoms with Crippen molar-refractivity contribution in [2.45, 2.75) is 11.8 Å². The lowest BCUT2D eigenvalue weighted by molar-refractivity contribution is 0.309. The molecule has 0 saturated heterocycles. The van der Waals surface area contributed by atoms with Crippen molar-refractivity contribution in [1.29, 1.82) is 0 Å². The van der Waals surface area contributed by atoms with E-state index in [1.54, 1.807) is 7.11 Å². The number of hydrogen-bond acceptors (Lipinski definition) is 1. The molecule has 0 spiro atoms. The first kappa shape index (κ1) is 15.3. The molecule has 0 N–H and O–H groups in total. The van der Waals surface area contributed by atoms with Crippen LogP contribution in [0.15, 0.2) is 66.0 Å². The number of benzene rings is 1. The number of aryl methyl sites for hydroxylation is 1. The van der Waals surface area contributed by atoms with Gasteiger partial charge in [-0.25, -0.2) is 0 Å². The van der Waals surface area contributed by atoms with Crippen LogP contribution in [-0.2, 0) is 4.74 Å². The van der Waals surface area contributed by atoms with Crippen LogP contribution in [0.2, 0.25) is 0 Å². The van der Waals surface area contributed by atoms with Crippen molar-refractivity contribution in [2.24, 2.45) is 0 Å². The molecule has 0 aliphatic carbocycles. The van der Waals surface area contributed by atoms with Crippen LogP contribution in [0.25, 0.3) is 6.08 Å². The number of rotatable bonds is 5. The highest BCUT2D eigenvalue weighted by molar-refractivity contribution is 8.26. The molecule has 1 aromatic heterocycles. The van der Waals surface area contributed by atoms with Gasteiger partial charge in [0.25, 0.3) is 0 Å². The molecule has 2 nitrogen and oxygen atoms in total. The summed E-state index contributed by atoms with van der Waals surface area (Å²) in [5.41, 5.74) is 2.31. The first-order chi connectivity index (χ1) is 9.93. The van der Waals surface area contributed by atoms with Crippen LogP contribution in [-0.4, -0.2) is 22.8 Å². The molecule has 1 aromatic carbocycles. The number of allylic oxidation sites excluding steroid dienone is 1. The summed E-state index contributed by atoms with van der Waals surface area (Å²) in [5, 5.41) is 0. The van der Waals surface area contributed by atoms with Crippen molar-refractivity contribution in [2.75, 3.05) is 7.11 Å². The summed E-state index contributed by atoms with van der Waals surface area (Å²) < 4.78 is 7.11.